The Morgan fingerprint density at radius 3 is 1.17 bits per heavy atom. The van der Waals surface area contributed by atoms with Crippen molar-refractivity contribution in [2.75, 3.05) is 60.6 Å². The van der Waals surface area contributed by atoms with Gasteiger partial charge in [0.05, 0.1) is 37.0 Å². The van der Waals surface area contributed by atoms with Crippen LogP contribution in [0.15, 0.2) is 182 Å². The molecule has 3 aliphatic carbocycles. The highest BCUT2D eigenvalue weighted by molar-refractivity contribution is 6.10. The van der Waals surface area contributed by atoms with Crippen LogP contribution in [0.4, 0.5) is 17.1 Å². The number of esters is 1. The number of ether oxygens (including phenoxy) is 1. The second-order valence-corrected chi connectivity index (χ2v) is 28.6. The van der Waals surface area contributed by atoms with E-state index in [9.17, 15) is 33.9 Å². The maximum Gasteiger partial charge on any atom is 0.306 e. The van der Waals surface area contributed by atoms with Gasteiger partial charge in [-0.1, -0.05) is 164 Å². The minimum atomic E-state index is -1.87. The lowest BCUT2D eigenvalue weighted by molar-refractivity contribution is -0.144. The van der Waals surface area contributed by atoms with Crippen LogP contribution < -0.4 is 32.1 Å². The van der Waals surface area contributed by atoms with E-state index in [1.54, 1.807) is 24.0 Å². The number of piperidine rings is 3. The Morgan fingerprint density at radius 1 is 0.436 bits per heavy atom. The molecule has 518 valence electrons. The Hall–Kier alpha value is -9.66. The lowest BCUT2D eigenvalue weighted by Gasteiger charge is -2.40. The van der Waals surface area contributed by atoms with Crippen LogP contribution in [0.5, 0.6) is 0 Å². The van der Waals surface area contributed by atoms with Crippen LogP contribution in [0.25, 0.3) is 32.3 Å². The third kappa shape index (κ3) is 12.1. The second kappa shape index (κ2) is 28.0. The maximum absolute atomic E-state index is 13.5. The molecule has 0 saturated carbocycles. The number of primary amides is 2. The Morgan fingerprint density at radius 2 is 0.782 bits per heavy atom. The number of anilines is 3. The lowest BCUT2D eigenvalue weighted by Crippen LogP contribution is -2.51. The zero-order valence-corrected chi connectivity index (χ0v) is 57.0. The van der Waals surface area contributed by atoms with Crippen LogP contribution in [0.1, 0.15) is 145 Å². The quantitative estimate of drug-likeness (QED) is 0.0533. The van der Waals surface area contributed by atoms with Gasteiger partial charge in [-0.05, 0) is 160 Å². The van der Waals surface area contributed by atoms with E-state index in [4.69, 9.17) is 21.4 Å². The Kier molecular flexibility index (Phi) is 18.7. The summed E-state index contributed by atoms with van der Waals surface area (Å²) in [5.74, 6) is 0.851. The van der Waals surface area contributed by atoms with E-state index < -0.39 is 41.6 Å². The maximum atomic E-state index is 13.5. The Labute approximate surface area is 588 Å². The number of nitrogens with two attached hydrogens (primary N) is 3. The molecule has 9 aliphatic rings. The van der Waals surface area contributed by atoms with Crippen molar-refractivity contribution in [3.8, 4) is 0 Å². The summed E-state index contributed by atoms with van der Waals surface area (Å²) >= 11 is 0. The first-order valence-corrected chi connectivity index (χ1v) is 36.0. The first-order valence-electron chi connectivity index (χ1n) is 36.0. The van der Waals surface area contributed by atoms with Gasteiger partial charge in [0.25, 0.3) is 5.91 Å². The van der Waals surface area contributed by atoms with Gasteiger partial charge in [-0.25, -0.2) is 5.90 Å². The molecular formula is C83H87N9O9. The van der Waals surface area contributed by atoms with Gasteiger partial charge < -0.3 is 41.2 Å². The van der Waals surface area contributed by atoms with Crippen LogP contribution >= 0.6 is 0 Å². The smallest absolute Gasteiger partial charge is 0.306 e. The van der Waals surface area contributed by atoms with Gasteiger partial charge in [-0.15, -0.1) is 0 Å². The van der Waals surface area contributed by atoms with Crippen LogP contribution in [0.2, 0.25) is 0 Å². The fourth-order valence-corrected chi connectivity index (χ4v) is 18.8. The molecule has 5 amide bonds. The van der Waals surface area contributed by atoms with Crippen molar-refractivity contribution in [3.63, 3.8) is 0 Å². The van der Waals surface area contributed by atoms with Gasteiger partial charge in [0.1, 0.15) is 0 Å². The third-order valence-corrected chi connectivity index (χ3v) is 23.2. The first kappa shape index (κ1) is 67.2. The largest absolute Gasteiger partial charge is 0.466 e. The number of nitrogens with zero attached hydrogens (tertiary/aromatic N) is 6. The summed E-state index contributed by atoms with van der Waals surface area (Å²) < 4.78 is 5.15. The summed E-state index contributed by atoms with van der Waals surface area (Å²) in [5.41, 5.74) is 22.6. The lowest BCUT2D eigenvalue weighted by atomic mass is 9.91. The zero-order chi connectivity index (χ0) is 69.8. The first-order chi connectivity index (χ1) is 49.2. The number of carbonyl (C=O) groups is 6. The molecule has 18 nitrogen and oxygen atoms in total. The standard InChI is InChI=1S/C29H30N2O3.C27H27N3O3.C27H27N3O2.H3NO/c1-2-34-27(32)18-24-22-10-3-4-12-25(22)31(29(24)33)21-13-15-30(16-14-21)26-17-20-9-5-7-19-8-6-11-23(26)28(19)20;28-24(31)16-27(33)21-9-1-2-10-22(21)30(26(27)32)19-11-13-29(14-12-19)23-15-18-7-3-5-17-6-4-8-20(23)25(17)18;28-25(31)16-22-20-8-1-2-10-23(20)30(27(22)32)19-11-13-29(14-12-19)24-15-18-7-3-5-17-6-4-9-21(24)26(17)18;1-2/h3-12,21,24,26H,2,13-18H2,1H3;1-10,19,23,33H,11-16H2,(H2,28,31);1-10,19,22,24H,11-16H2,(H2,28,31);2H,1H2. The molecule has 6 heterocycles. The van der Waals surface area contributed by atoms with Crippen LogP contribution in [-0.2, 0) is 58.4 Å². The van der Waals surface area contributed by atoms with Gasteiger partial charge in [-0.2, -0.15) is 0 Å². The highest BCUT2D eigenvalue weighted by atomic mass is 16.5. The van der Waals surface area contributed by atoms with E-state index in [1.807, 2.05) is 70.5 Å². The molecule has 3 fully saturated rings. The van der Waals surface area contributed by atoms with Crippen molar-refractivity contribution in [3.05, 3.63) is 232 Å². The van der Waals surface area contributed by atoms with Gasteiger partial charge in [0.2, 0.25) is 23.6 Å². The third-order valence-electron chi connectivity index (χ3n) is 23.2. The fraction of sp³-hybridized carbons (Fsp3) is 0.349. The average Bonchev–Trinajstić information content (AvgIpc) is 1.59. The number of hydrogen-bond donors (Lipinski definition) is 5. The Bertz CT molecular complexity index is 4690. The zero-order valence-electron chi connectivity index (χ0n) is 57.0. The van der Waals surface area contributed by atoms with Crippen molar-refractivity contribution < 1.29 is 43.8 Å². The normalized spacial score (nSPS) is 23.1. The number of likely N-dealkylation sites (tertiary alicyclic amines) is 3. The average molecular weight is 1350 g/mol. The molecule has 0 bridgehead atoms. The van der Waals surface area contributed by atoms with E-state index in [1.165, 1.54) is 65.7 Å². The summed E-state index contributed by atoms with van der Waals surface area (Å²) in [6, 6.07) is 64.3. The molecule has 6 atom stereocenters. The van der Waals surface area contributed by atoms with Crippen LogP contribution in [-0.4, -0.2) is 125 Å². The minimum Gasteiger partial charge on any atom is -0.466 e. The summed E-state index contributed by atoms with van der Waals surface area (Å²) in [6.07, 6.45) is 8.32. The van der Waals surface area contributed by atoms with Gasteiger partial charge in [-0.3, -0.25) is 43.5 Å². The van der Waals surface area contributed by atoms with E-state index in [0.29, 0.717) is 36.0 Å². The van der Waals surface area contributed by atoms with E-state index >= 15 is 0 Å². The molecule has 0 spiro atoms. The topological polar surface area (TPSA) is 250 Å². The van der Waals surface area contributed by atoms with E-state index in [-0.39, 0.29) is 48.8 Å². The highest BCUT2D eigenvalue weighted by Gasteiger charge is 2.53. The van der Waals surface area contributed by atoms with Crippen molar-refractivity contribution in [2.24, 2.45) is 17.4 Å². The second-order valence-electron chi connectivity index (χ2n) is 28.6. The summed E-state index contributed by atoms with van der Waals surface area (Å²) in [7, 11) is 0. The molecular weight excluding hydrogens is 1270 g/mol. The molecule has 6 unspecified atom stereocenters. The molecule has 18 heteroatoms. The summed E-state index contributed by atoms with van der Waals surface area (Å²) in [5, 5.41) is 25.9. The number of aliphatic hydroxyl groups is 1. The number of para-hydroxylation sites is 3. The van der Waals surface area contributed by atoms with E-state index in [2.05, 4.69) is 130 Å². The molecule has 101 heavy (non-hydrogen) atoms. The van der Waals surface area contributed by atoms with Gasteiger partial charge in [0.15, 0.2) is 5.60 Å². The monoisotopic (exact) mass is 1350 g/mol. The number of amides is 5. The molecule has 3 saturated heterocycles. The number of rotatable bonds is 13. The fourth-order valence-electron chi connectivity index (χ4n) is 18.8. The highest BCUT2D eigenvalue weighted by Crippen LogP contribution is 2.50. The predicted molar refractivity (Wildman–Crippen MR) is 391 cm³/mol. The number of benzene rings is 9. The summed E-state index contributed by atoms with van der Waals surface area (Å²) in [4.78, 5) is 89.1. The van der Waals surface area contributed by atoms with Crippen molar-refractivity contribution in [2.45, 2.75) is 138 Å². The number of carbonyl (C=O) groups excluding carboxylic acids is 6. The van der Waals surface area contributed by atoms with Gasteiger partial charge in [0, 0.05) is 98.9 Å². The van der Waals surface area contributed by atoms with E-state index in [0.717, 1.165) is 120 Å². The SMILES string of the molecule is CCOC(=O)CC1C(=O)N(C2CCN(C3Cc4cccc5cccc3c45)CC2)c2ccccc21.NC(=O)CC1(O)C(=O)N(C2CCN(C3Cc4cccc5cccc3c45)CC2)c2ccccc21.NC(=O)CC1C(=O)N(C2CCN(C3Cc4cccc5cccc3c45)CC2)c2ccccc21.NO. The molecule has 6 aliphatic heterocycles. The van der Waals surface area contributed by atoms with Crippen molar-refractivity contribution >= 4 is 84.9 Å². The predicted octanol–water partition coefficient (Wildman–Crippen LogP) is 11.2. The number of fused-ring (bicyclic) bond motifs is 3. The van der Waals surface area contributed by atoms with Gasteiger partial charge >= 0.3 is 5.97 Å². The molecule has 0 aromatic heterocycles. The van der Waals surface area contributed by atoms with Crippen molar-refractivity contribution in [1.29, 1.82) is 0 Å². The van der Waals surface area contributed by atoms with Crippen LogP contribution in [0.3, 0.4) is 0 Å². The molecule has 9 aromatic rings. The molecule has 9 aromatic carbocycles. The minimum absolute atomic E-state index is 0.0172. The number of hydrogen-bond acceptors (Lipinski definition) is 13. The van der Waals surface area contributed by atoms with Crippen LogP contribution in [0, 0.1) is 0 Å². The molecule has 0 radical (unpaired) electrons. The summed E-state index contributed by atoms with van der Waals surface area (Å²) in [6.45, 7) is 7.74. The Balaban J connectivity index is 0.000000121. The molecule has 8 N–H and O–H groups in total. The van der Waals surface area contributed by atoms with Crippen molar-refractivity contribution in [1.82, 2.24) is 14.7 Å². The molecule has 18 rings (SSSR count).